The summed E-state index contributed by atoms with van der Waals surface area (Å²) in [6.07, 6.45) is 1.21. The predicted octanol–water partition coefficient (Wildman–Crippen LogP) is -0.621. The van der Waals surface area contributed by atoms with E-state index in [1.807, 2.05) is 0 Å². The number of nitrogens with zero attached hydrogens (tertiary/aromatic N) is 4. The van der Waals surface area contributed by atoms with Crippen LogP contribution >= 0.6 is 0 Å². The number of rotatable bonds is 2. The minimum absolute atomic E-state index is 0.0109. The van der Waals surface area contributed by atoms with E-state index in [1.54, 1.807) is 4.90 Å². The molecule has 1 aromatic rings. The zero-order valence-electron chi connectivity index (χ0n) is 8.12. The van der Waals surface area contributed by atoms with Gasteiger partial charge in [0.05, 0.1) is 6.04 Å². The van der Waals surface area contributed by atoms with Crippen LogP contribution in [0.5, 0.6) is 0 Å². The highest BCUT2D eigenvalue weighted by Crippen LogP contribution is 2.20. The topological polar surface area (TPSA) is 88.3 Å². The van der Waals surface area contributed by atoms with Gasteiger partial charge in [0.2, 0.25) is 11.7 Å². The van der Waals surface area contributed by atoms with Crippen molar-refractivity contribution >= 4 is 11.9 Å². The summed E-state index contributed by atoms with van der Waals surface area (Å²) >= 11 is 0. The Kier molecular flexibility index (Phi) is 2.14. The van der Waals surface area contributed by atoms with Crippen LogP contribution in [0.25, 0.3) is 0 Å². The van der Waals surface area contributed by atoms with Crippen LogP contribution in [0.4, 0.5) is 0 Å². The molecular weight excluding hydrogens is 200 g/mol. The van der Waals surface area contributed by atoms with Crippen molar-refractivity contribution in [2.24, 2.45) is 0 Å². The first-order valence-electron chi connectivity index (χ1n) is 4.48. The average molecular weight is 210 g/mol. The lowest BCUT2D eigenvalue weighted by atomic mass is 10.1. The average Bonchev–Trinajstić information content (AvgIpc) is 2.48. The molecule has 1 saturated heterocycles. The zero-order chi connectivity index (χ0) is 11.0. The predicted molar refractivity (Wildman–Crippen MR) is 48.3 cm³/mol. The van der Waals surface area contributed by atoms with Gasteiger partial charge in [-0.25, -0.2) is 14.5 Å². The van der Waals surface area contributed by atoms with Crippen molar-refractivity contribution in [1.82, 2.24) is 19.7 Å². The molecule has 7 nitrogen and oxygen atoms in total. The SMILES string of the molecule is CC(=O)N1CC(n2ncnc2C(=O)O)C1. The number of hydrogen-bond acceptors (Lipinski definition) is 4. The number of aromatic carboxylic acids is 1. The quantitative estimate of drug-likeness (QED) is 0.702. The van der Waals surface area contributed by atoms with Gasteiger partial charge in [-0.1, -0.05) is 0 Å². The van der Waals surface area contributed by atoms with E-state index in [4.69, 9.17) is 5.11 Å². The number of amides is 1. The lowest BCUT2D eigenvalue weighted by molar-refractivity contribution is -0.134. The smallest absolute Gasteiger partial charge is 0.373 e. The Bertz CT molecular complexity index is 408. The van der Waals surface area contributed by atoms with E-state index >= 15 is 0 Å². The van der Waals surface area contributed by atoms with E-state index in [0.29, 0.717) is 13.1 Å². The number of carboxylic acid groups (broad SMARTS) is 1. The van der Waals surface area contributed by atoms with Crippen LogP contribution in [0.3, 0.4) is 0 Å². The maximum atomic E-state index is 10.9. The van der Waals surface area contributed by atoms with Gasteiger partial charge in [0.15, 0.2) is 0 Å². The number of carbonyl (C=O) groups excluding carboxylic acids is 1. The van der Waals surface area contributed by atoms with E-state index in [9.17, 15) is 9.59 Å². The zero-order valence-corrected chi connectivity index (χ0v) is 8.12. The van der Waals surface area contributed by atoms with Gasteiger partial charge in [-0.2, -0.15) is 5.10 Å². The fourth-order valence-corrected chi connectivity index (χ4v) is 1.54. The molecule has 15 heavy (non-hydrogen) atoms. The fraction of sp³-hybridized carbons (Fsp3) is 0.500. The number of hydrogen-bond donors (Lipinski definition) is 1. The number of carbonyl (C=O) groups is 2. The van der Waals surface area contributed by atoms with Crippen molar-refractivity contribution in [3.8, 4) is 0 Å². The molecular formula is C8H10N4O3. The molecule has 0 radical (unpaired) electrons. The summed E-state index contributed by atoms with van der Waals surface area (Å²) in [4.78, 5) is 26.9. The van der Waals surface area contributed by atoms with E-state index in [0.717, 1.165) is 0 Å². The molecule has 2 rings (SSSR count). The Hall–Kier alpha value is -1.92. The summed E-state index contributed by atoms with van der Waals surface area (Å²) in [5.41, 5.74) is 0. The largest absolute Gasteiger partial charge is 0.475 e. The Labute approximate surface area is 85.3 Å². The van der Waals surface area contributed by atoms with E-state index in [1.165, 1.54) is 17.9 Å². The molecule has 0 aromatic carbocycles. The summed E-state index contributed by atoms with van der Waals surface area (Å²) in [7, 11) is 0. The molecule has 1 amide bonds. The summed E-state index contributed by atoms with van der Waals surface area (Å²) in [5.74, 6) is -1.19. The van der Waals surface area contributed by atoms with Gasteiger partial charge in [-0.3, -0.25) is 4.79 Å². The molecule has 0 saturated carbocycles. The molecule has 1 fully saturated rings. The second kappa shape index (κ2) is 3.34. The van der Waals surface area contributed by atoms with Gasteiger partial charge >= 0.3 is 5.97 Å². The minimum atomic E-state index is -1.10. The normalized spacial score (nSPS) is 16.2. The van der Waals surface area contributed by atoms with Gasteiger partial charge in [0.1, 0.15) is 6.33 Å². The molecule has 1 N–H and O–H groups in total. The maximum absolute atomic E-state index is 10.9. The third-order valence-electron chi connectivity index (χ3n) is 2.42. The molecule has 0 spiro atoms. The molecule has 0 atom stereocenters. The van der Waals surface area contributed by atoms with Crippen LogP contribution in [0, 0.1) is 0 Å². The van der Waals surface area contributed by atoms with Crippen molar-refractivity contribution in [3.05, 3.63) is 12.2 Å². The van der Waals surface area contributed by atoms with Crippen LogP contribution in [0.1, 0.15) is 23.6 Å². The first-order chi connectivity index (χ1) is 7.09. The van der Waals surface area contributed by atoms with Gasteiger partial charge in [0.25, 0.3) is 0 Å². The van der Waals surface area contributed by atoms with Crippen LogP contribution in [0.15, 0.2) is 6.33 Å². The fourth-order valence-electron chi connectivity index (χ4n) is 1.54. The van der Waals surface area contributed by atoms with Crippen LogP contribution in [0.2, 0.25) is 0 Å². The molecule has 1 aliphatic heterocycles. The monoisotopic (exact) mass is 210 g/mol. The van der Waals surface area contributed by atoms with Gasteiger partial charge < -0.3 is 10.0 Å². The Morgan fingerprint density at radius 1 is 1.53 bits per heavy atom. The van der Waals surface area contributed by atoms with Gasteiger partial charge in [-0.15, -0.1) is 0 Å². The van der Waals surface area contributed by atoms with Crippen LogP contribution < -0.4 is 0 Å². The molecule has 80 valence electrons. The highest BCUT2D eigenvalue weighted by molar-refractivity contribution is 5.83. The molecule has 0 aliphatic carbocycles. The summed E-state index contributed by atoms with van der Waals surface area (Å²) < 4.78 is 1.35. The Balaban J connectivity index is 2.10. The second-order valence-corrected chi connectivity index (χ2v) is 3.41. The van der Waals surface area contributed by atoms with Gasteiger partial charge in [0, 0.05) is 20.0 Å². The number of aromatic nitrogens is 3. The van der Waals surface area contributed by atoms with Crippen LogP contribution in [-0.4, -0.2) is 49.7 Å². The molecule has 0 bridgehead atoms. The third kappa shape index (κ3) is 1.56. The second-order valence-electron chi connectivity index (χ2n) is 3.41. The van der Waals surface area contributed by atoms with E-state index in [2.05, 4.69) is 10.1 Å². The standard InChI is InChI=1S/C8H10N4O3/c1-5(13)11-2-6(3-11)12-7(8(14)15)9-4-10-12/h4,6H,2-3H2,1H3,(H,14,15). The lowest BCUT2D eigenvalue weighted by Gasteiger charge is -2.38. The molecule has 7 heteroatoms. The Morgan fingerprint density at radius 2 is 2.20 bits per heavy atom. The number of likely N-dealkylation sites (tertiary alicyclic amines) is 1. The summed E-state index contributed by atoms with van der Waals surface area (Å²) in [6.45, 7) is 2.48. The van der Waals surface area contributed by atoms with Crippen molar-refractivity contribution in [2.75, 3.05) is 13.1 Å². The van der Waals surface area contributed by atoms with Crippen LogP contribution in [-0.2, 0) is 4.79 Å². The third-order valence-corrected chi connectivity index (χ3v) is 2.42. The summed E-state index contributed by atoms with van der Waals surface area (Å²) in [6, 6.07) is -0.0671. The molecule has 2 heterocycles. The lowest BCUT2D eigenvalue weighted by Crippen LogP contribution is -2.50. The van der Waals surface area contributed by atoms with Crippen molar-refractivity contribution in [1.29, 1.82) is 0 Å². The number of carboxylic acids is 1. The maximum Gasteiger partial charge on any atom is 0.373 e. The van der Waals surface area contributed by atoms with E-state index in [-0.39, 0.29) is 17.8 Å². The van der Waals surface area contributed by atoms with Crippen molar-refractivity contribution in [2.45, 2.75) is 13.0 Å². The van der Waals surface area contributed by atoms with E-state index < -0.39 is 5.97 Å². The van der Waals surface area contributed by atoms with Gasteiger partial charge in [-0.05, 0) is 0 Å². The first kappa shape index (κ1) is 9.63. The van der Waals surface area contributed by atoms with Crippen molar-refractivity contribution in [3.63, 3.8) is 0 Å². The minimum Gasteiger partial charge on any atom is -0.475 e. The highest BCUT2D eigenvalue weighted by atomic mass is 16.4. The molecule has 1 aromatic heterocycles. The molecule has 0 unspecified atom stereocenters. The highest BCUT2D eigenvalue weighted by Gasteiger charge is 2.33. The first-order valence-corrected chi connectivity index (χ1v) is 4.48. The van der Waals surface area contributed by atoms with Crippen molar-refractivity contribution < 1.29 is 14.7 Å². The Morgan fingerprint density at radius 3 is 2.73 bits per heavy atom. The molecule has 1 aliphatic rings. The summed E-state index contributed by atoms with van der Waals surface area (Å²) in [5, 5.41) is 12.6.